The monoisotopic (exact) mass is 295 g/mol. The van der Waals surface area contributed by atoms with E-state index in [4.69, 9.17) is 0 Å². The highest BCUT2D eigenvalue weighted by Gasteiger charge is 2.38. The normalized spacial score (nSPS) is 21.6. The van der Waals surface area contributed by atoms with Gasteiger partial charge in [-0.2, -0.15) is 0 Å². The van der Waals surface area contributed by atoms with E-state index in [0.717, 1.165) is 13.0 Å². The molecule has 4 heteroatoms. The Morgan fingerprint density at radius 1 is 1.35 bits per heavy atom. The lowest BCUT2D eigenvalue weighted by Gasteiger charge is -2.48. The zero-order valence-electron chi connectivity index (χ0n) is 13.2. The summed E-state index contributed by atoms with van der Waals surface area (Å²) >= 11 is 1.78. The third kappa shape index (κ3) is 3.60. The van der Waals surface area contributed by atoms with Crippen LogP contribution in [0.3, 0.4) is 0 Å². The summed E-state index contributed by atoms with van der Waals surface area (Å²) in [6, 6.07) is 0.510. The molecule has 0 radical (unpaired) electrons. The molecule has 3 nitrogen and oxygen atoms in total. The van der Waals surface area contributed by atoms with Gasteiger partial charge in [-0.1, -0.05) is 20.3 Å². The van der Waals surface area contributed by atoms with Gasteiger partial charge < -0.3 is 5.32 Å². The lowest BCUT2D eigenvalue weighted by atomic mass is 9.83. The summed E-state index contributed by atoms with van der Waals surface area (Å²) in [6.07, 6.45) is 8.44. The van der Waals surface area contributed by atoms with Crippen LogP contribution in [0, 0.1) is 0 Å². The summed E-state index contributed by atoms with van der Waals surface area (Å²) in [5.74, 6) is 0. The number of likely N-dealkylation sites (N-methyl/N-ethyl adjacent to an activating group) is 1. The quantitative estimate of drug-likeness (QED) is 0.836. The number of hydrogen-bond donors (Lipinski definition) is 1. The number of piperidine rings is 1. The molecule has 2 atom stereocenters. The predicted octanol–water partition coefficient (Wildman–Crippen LogP) is 3.32. The minimum absolute atomic E-state index is 0.250. The third-order valence-electron chi connectivity index (χ3n) is 4.88. The SMILES string of the molecule is CCNC(Cc1cncs1)C(C)(CC)N1CCCCC1. The van der Waals surface area contributed by atoms with Crippen molar-refractivity contribution in [3.05, 3.63) is 16.6 Å². The van der Waals surface area contributed by atoms with Crippen molar-refractivity contribution in [2.24, 2.45) is 0 Å². The maximum atomic E-state index is 4.23. The van der Waals surface area contributed by atoms with Crippen LogP contribution in [-0.2, 0) is 6.42 Å². The van der Waals surface area contributed by atoms with Crippen LogP contribution in [0.4, 0.5) is 0 Å². The lowest BCUT2D eigenvalue weighted by molar-refractivity contribution is 0.0436. The summed E-state index contributed by atoms with van der Waals surface area (Å²) in [7, 11) is 0. The summed E-state index contributed by atoms with van der Waals surface area (Å²) in [4.78, 5) is 8.36. The first-order chi connectivity index (χ1) is 9.70. The van der Waals surface area contributed by atoms with E-state index in [2.05, 4.69) is 36.0 Å². The molecule has 1 aliphatic heterocycles. The summed E-state index contributed by atoms with van der Waals surface area (Å²) in [6.45, 7) is 10.6. The van der Waals surface area contributed by atoms with Gasteiger partial charge in [0.2, 0.25) is 0 Å². The van der Waals surface area contributed by atoms with E-state index in [1.807, 2.05) is 11.7 Å². The largest absolute Gasteiger partial charge is 0.312 e. The van der Waals surface area contributed by atoms with Gasteiger partial charge >= 0.3 is 0 Å². The second kappa shape index (κ2) is 7.53. The number of aromatic nitrogens is 1. The molecule has 0 spiro atoms. The van der Waals surface area contributed by atoms with E-state index in [0.29, 0.717) is 6.04 Å². The number of nitrogens with one attached hydrogen (secondary N) is 1. The van der Waals surface area contributed by atoms with Gasteiger partial charge in [-0.3, -0.25) is 9.88 Å². The van der Waals surface area contributed by atoms with Crippen LogP contribution < -0.4 is 5.32 Å². The molecule has 0 aliphatic carbocycles. The third-order valence-corrected chi connectivity index (χ3v) is 5.69. The zero-order valence-corrected chi connectivity index (χ0v) is 14.0. The molecule has 1 N–H and O–H groups in total. The fourth-order valence-electron chi connectivity index (χ4n) is 3.40. The van der Waals surface area contributed by atoms with Crippen molar-refractivity contribution in [3.63, 3.8) is 0 Å². The molecule has 0 amide bonds. The number of likely N-dealkylation sites (tertiary alicyclic amines) is 1. The van der Waals surface area contributed by atoms with Gasteiger partial charge in [-0.15, -0.1) is 11.3 Å². The molecule has 1 saturated heterocycles. The van der Waals surface area contributed by atoms with Gasteiger partial charge in [0.05, 0.1) is 5.51 Å². The van der Waals surface area contributed by atoms with Gasteiger partial charge in [0.25, 0.3) is 0 Å². The molecule has 2 heterocycles. The van der Waals surface area contributed by atoms with Crippen LogP contribution in [0.1, 0.15) is 51.3 Å². The maximum Gasteiger partial charge on any atom is 0.0794 e. The van der Waals surface area contributed by atoms with Crippen LogP contribution in [0.25, 0.3) is 0 Å². The minimum atomic E-state index is 0.250. The average Bonchev–Trinajstić information content (AvgIpc) is 3.00. The molecule has 0 bridgehead atoms. The van der Waals surface area contributed by atoms with Gasteiger partial charge in [-0.25, -0.2) is 0 Å². The fraction of sp³-hybridized carbons (Fsp3) is 0.812. The Morgan fingerprint density at radius 2 is 2.10 bits per heavy atom. The summed E-state index contributed by atoms with van der Waals surface area (Å²) in [5, 5.41) is 3.75. The standard InChI is InChI=1S/C16H29N3S/c1-4-16(3,19-9-7-6-8-10-19)15(18-5-2)11-14-12-17-13-20-14/h12-13,15,18H,4-11H2,1-3H3. The molecule has 0 aromatic carbocycles. The summed E-state index contributed by atoms with van der Waals surface area (Å²) in [5.41, 5.74) is 2.20. The highest BCUT2D eigenvalue weighted by molar-refractivity contribution is 7.09. The van der Waals surface area contributed by atoms with E-state index in [1.165, 1.54) is 43.6 Å². The Balaban J connectivity index is 2.13. The number of rotatable bonds is 7. The molecule has 1 aliphatic rings. The maximum absolute atomic E-state index is 4.23. The lowest BCUT2D eigenvalue weighted by Crippen LogP contribution is -2.61. The highest BCUT2D eigenvalue weighted by Crippen LogP contribution is 2.29. The molecule has 1 fully saturated rings. The van der Waals surface area contributed by atoms with Crippen molar-refractivity contribution < 1.29 is 0 Å². The number of nitrogens with zero attached hydrogens (tertiary/aromatic N) is 2. The van der Waals surface area contributed by atoms with Crippen LogP contribution in [0.2, 0.25) is 0 Å². The molecule has 20 heavy (non-hydrogen) atoms. The molecule has 0 saturated carbocycles. The molecule has 114 valence electrons. The molecule has 1 aromatic heterocycles. The van der Waals surface area contributed by atoms with Crippen LogP contribution in [0.15, 0.2) is 11.7 Å². The van der Waals surface area contributed by atoms with Crippen molar-refractivity contribution in [1.29, 1.82) is 0 Å². The van der Waals surface area contributed by atoms with Gasteiger partial charge in [0, 0.05) is 29.1 Å². The Kier molecular flexibility index (Phi) is 6.00. The summed E-state index contributed by atoms with van der Waals surface area (Å²) < 4.78 is 0. The van der Waals surface area contributed by atoms with Crippen molar-refractivity contribution in [3.8, 4) is 0 Å². The molecule has 1 aromatic rings. The number of thiazole rings is 1. The number of hydrogen-bond acceptors (Lipinski definition) is 4. The molecule has 2 unspecified atom stereocenters. The van der Waals surface area contributed by atoms with Gasteiger partial charge in [0.15, 0.2) is 0 Å². The Morgan fingerprint density at radius 3 is 2.65 bits per heavy atom. The van der Waals surface area contributed by atoms with E-state index in [9.17, 15) is 0 Å². The Hall–Kier alpha value is -0.450. The Bertz CT molecular complexity index is 373. The van der Waals surface area contributed by atoms with E-state index < -0.39 is 0 Å². The first-order valence-electron chi connectivity index (χ1n) is 8.06. The van der Waals surface area contributed by atoms with Crippen LogP contribution in [-0.4, -0.2) is 41.1 Å². The highest BCUT2D eigenvalue weighted by atomic mass is 32.1. The zero-order chi connectivity index (χ0) is 14.4. The van der Waals surface area contributed by atoms with Crippen LogP contribution >= 0.6 is 11.3 Å². The van der Waals surface area contributed by atoms with E-state index >= 15 is 0 Å². The second-order valence-electron chi connectivity index (χ2n) is 6.04. The van der Waals surface area contributed by atoms with E-state index in [1.54, 1.807) is 11.3 Å². The fourth-order valence-corrected chi connectivity index (χ4v) is 4.04. The van der Waals surface area contributed by atoms with Gasteiger partial charge in [-0.05, 0) is 45.8 Å². The second-order valence-corrected chi connectivity index (χ2v) is 7.01. The molecular weight excluding hydrogens is 266 g/mol. The first-order valence-corrected chi connectivity index (χ1v) is 8.94. The molecule has 2 rings (SSSR count). The van der Waals surface area contributed by atoms with Crippen molar-refractivity contribution in [2.45, 2.75) is 64.5 Å². The first kappa shape index (κ1) is 15.9. The van der Waals surface area contributed by atoms with Crippen molar-refractivity contribution in [1.82, 2.24) is 15.2 Å². The topological polar surface area (TPSA) is 28.2 Å². The van der Waals surface area contributed by atoms with Crippen molar-refractivity contribution in [2.75, 3.05) is 19.6 Å². The van der Waals surface area contributed by atoms with E-state index in [-0.39, 0.29) is 5.54 Å². The smallest absolute Gasteiger partial charge is 0.0794 e. The molecular formula is C16H29N3S. The van der Waals surface area contributed by atoms with Gasteiger partial charge in [0.1, 0.15) is 0 Å². The average molecular weight is 295 g/mol. The predicted molar refractivity (Wildman–Crippen MR) is 87.4 cm³/mol. The minimum Gasteiger partial charge on any atom is -0.312 e. The van der Waals surface area contributed by atoms with Crippen LogP contribution in [0.5, 0.6) is 0 Å². The Labute approximate surface area is 127 Å². The van der Waals surface area contributed by atoms with Crippen molar-refractivity contribution >= 4 is 11.3 Å².